The molecule has 12 aromatic rings. The van der Waals surface area contributed by atoms with E-state index in [4.69, 9.17) is 0 Å². The second kappa shape index (κ2) is 12.9. The summed E-state index contributed by atoms with van der Waals surface area (Å²) in [5.74, 6) is 0. The maximum absolute atomic E-state index is 2.56. The van der Waals surface area contributed by atoms with E-state index in [1.165, 1.54) is 164 Å². The molecule has 0 bridgehead atoms. The van der Waals surface area contributed by atoms with E-state index in [0.29, 0.717) is 0 Å². The van der Waals surface area contributed by atoms with Crippen molar-refractivity contribution >= 4 is 64.6 Å². The Balaban J connectivity index is 0.836. The van der Waals surface area contributed by atoms with Gasteiger partial charge in [0.25, 0.3) is 0 Å². The lowest BCUT2D eigenvalue weighted by Gasteiger charge is -2.36. The second-order valence-electron chi connectivity index (χ2n) is 18.3. The van der Waals surface area contributed by atoms with Crippen LogP contribution in [0.25, 0.3) is 120 Å². The SMILES string of the molecule is c1cc(-c2ccc3c(c2)C2(CCCCC2)c2cc(-c4cccc(-c5cc6ccc7cccc8ccc(c5)c6c78)c4)ccc2-3)cc(-c2cc3ccc4cccc5ccc(c2)c3c45)c1. The van der Waals surface area contributed by atoms with E-state index in [1.54, 1.807) is 0 Å². The molecule has 2 aliphatic carbocycles. The first-order valence-corrected chi connectivity index (χ1v) is 22.5. The highest BCUT2D eigenvalue weighted by Gasteiger charge is 2.44. The second-order valence-corrected chi connectivity index (χ2v) is 18.3. The molecule has 1 spiro atoms. The number of hydrogen-bond donors (Lipinski definition) is 0. The lowest BCUT2D eigenvalue weighted by atomic mass is 9.67. The van der Waals surface area contributed by atoms with E-state index >= 15 is 0 Å². The van der Waals surface area contributed by atoms with Crippen molar-refractivity contribution in [3.8, 4) is 55.6 Å². The molecule has 0 heteroatoms. The van der Waals surface area contributed by atoms with E-state index in [-0.39, 0.29) is 5.41 Å². The molecule has 0 aromatic heterocycles. The van der Waals surface area contributed by atoms with Crippen molar-refractivity contribution in [2.45, 2.75) is 37.5 Å². The summed E-state index contributed by atoms with van der Waals surface area (Å²) < 4.78 is 0. The van der Waals surface area contributed by atoms with Crippen LogP contribution in [0.1, 0.15) is 43.2 Å². The fraction of sp³-hybridized carbons (Fsp3) is 0.0968. The summed E-state index contributed by atoms with van der Waals surface area (Å²) in [5.41, 5.74) is 16.2. The van der Waals surface area contributed by atoms with Crippen molar-refractivity contribution in [3.63, 3.8) is 0 Å². The highest BCUT2D eigenvalue weighted by atomic mass is 14.5. The molecule has 2 aliphatic rings. The first-order chi connectivity index (χ1) is 30.6. The number of hydrogen-bond acceptors (Lipinski definition) is 0. The van der Waals surface area contributed by atoms with Crippen molar-refractivity contribution in [1.29, 1.82) is 0 Å². The van der Waals surface area contributed by atoms with Crippen LogP contribution in [-0.4, -0.2) is 0 Å². The van der Waals surface area contributed by atoms with Crippen LogP contribution < -0.4 is 0 Å². The van der Waals surface area contributed by atoms with Crippen LogP contribution in [0.15, 0.2) is 194 Å². The Labute approximate surface area is 361 Å². The van der Waals surface area contributed by atoms with Crippen LogP contribution in [0.3, 0.4) is 0 Å². The Morgan fingerprint density at radius 3 is 0.968 bits per heavy atom. The lowest BCUT2D eigenvalue weighted by molar-refractivity contribution is 0.353. The van der Waals surface area contributed by atoms with Gasteiger partial charge in [0.15, 0.2) is 0 Å². The normalized spacial score (nSPS) is 14.6. The number of fused-ring (bicyclic) bond motifs is 5. The molecule has 0 radical (unpaired) electrons. The minimum Gasteiger partial charge on any atom is -0.0610 e. The van der Waals surface area contributed by atoms with Crippen LogP contribution in [0, 0.1) is 0 Å². The maximum atomic E-state index is 2.56. The van der Waals surface area contributed by atoms with Crippen molar-refractivity contribution < 1.29 is 0 Å². The Morgan fingerprint density at radius 2 is 0.565 bits per heavy atom. The summed E-state index contributed by atoms with van der Waals surface area (Å²) >= 11 is 0. The van der Waals surface area contributed by atoms with Gasteiger partial charge in [-0.25, -0.2) is 0 Å². The quantitative estimate of drug-likeness (QED) is 0.156. The highest BCUT2D eigenvalue weighted by molar-refractivity contribution is 6.25. The van der Waals surface area contributed by atoms with Gasteiger partial charge in [-0.15, -0.1) is 0 Å². The predicted octanol–water partition coefficient (Wildman–Crippen LogP) is 17.4. The minimum absolute atomic E-state index is 0.0358. The Bertz CT molecular complexity index is 3410. The molecule has 0 amide bonds. The summed E-state index contributed by atoms with van der Waals surface area (Å²) in [7, 11) is 0. The average molecular weight is 787 g/mol. The Kier molecular flexibility index (Phi) is 7.15. The van der Waals surface area contributed by atoms with Gasteiger partial charge in [0.1, 0.15) is 0 Å². The number of benzene rings is 12. The molecule has 14 rings (SSSR count). The molecule has 290 valence electrons. The molecule has 0 saturated heterocycles. The van der Waals surface area contributed by atoms with E-state index in [9.17, 15) is 0 Å². The van der Waals surface area contributed by atoms with Crippen LogP contribution in [-0.2, 0) is 5.41 Å². The van der Waals surface area contributed by atoms with E-state index in [2.05, 4.69) is 194 Å². The zero-order valence-corrected chi connectivity index (χ0v) is 34.5. The molecule has 12 aromatic carbocycles. The minimum atomic E-state index is 0.0358. The first kappa shape index (κ1) is 34.4. The van der Waals surface area contributed by atoms with Gasteiger partial charge in [-0.2, -0.15) is 0 Å². The van der Waals surface area contributed by atoms with Crippen molar-refractivity contribution in [2.75, 3.05) is 0 Å². The highest BCUT2D eigenvalue weighted by Crippen LogP contribution is 2.57. The number of rotatable bonds is 4. The summed E-state index contributed by atoms with van der Waals surface area (Å²) in [5, 5.41) is 16.0. The van der Waals surface area contributed by atoms with Gasteiger partial charge < -0.3 is 0 Å². The first-order valence-electron chi connectivity index (χ1n) is 22.5. The molecule has 0 unspecified atom stereocenters. The lowest BCUT2D eigenvalue weighted by Crippen LogP contribution is -2.28. The monoisotopic (exact) mass is 786 g/mol. The van der Waals surface area contributed by atoms with Gasteiger partial charge >= 0.3 is 0 Å². The summed E-state index contributed by atoms with van der Waals surface area (Å²) in [6.45, 7) is 0. The van der Waals surface area contributed by atoms with Crippen molar-refractivity contribution in [1.82, 2.24) is 0 Å². The molecular weight excluding hydrogens is 745 g/mol. The zero-order chi connectivity index (χ0) is 40.5. The standard InChI is InChI=1S/C62H42/c1-2-28-62(29-3-1)56-36-46(42-12-6-14-44(30-42)52-32-48-20-16-38-8-4-9-39-17-21-49(33-52)60(48)58(38)39)24-26-54(56)55-27-25-47(37-57(55)62)43-13-7-15-45(31-43)53-34-50-22-18-40-10-5-11-41-19-23-51(35-53)61(50)59(40)41/h4-27,30-37H,1-3,28-29H2. The van der Waals surface area contributed by atoms with Gasteiger partial charge in [-0.1, -0.05) is 165 Å². The summed E-state index contributed by atoms with van der Waals surface area (Å²) in [6, 6.07) is 74.4. The Morgan fingerprint density at radius 1 is 0.242 bits per heavy atom. The molecule has 1 saturated carbocycles. The molecule has 0 aliphatic heterocycles. The third-order valence-electron chi connectivity index (χ3n) is 15.1. The van der Waals surface area contributed by atoms with Crippen LogP contribution >= 0.6 is 0 Å². The van der Waals surface area contributed by atoms with E-state index < -0.39 is 0 Å². The molecule has 0 atom stereocenters. The fourth-order valence-corrected chi connectivity index (χ4v) is 12.1. The third-order valence-corrected chi connectivity index (χ3v) is 15.1. The Hall–Kier alpha value is -7.28. The van der Waals surface area contributed by atoms with E-state index in [1.807, 2.05) is 0 Å². The smallest absolute Gasteiger partial charge is 0.0215 e. The largest absolute Gasteiger partial charge is 0.0610 e. The predicted molar refractivity (Wildman–Crippen MR) is 265 cm³/mol. The van der Waals surface area contributed by atoms with Gasteiger partial charge in [0, 0.05) is 5.41 Å². The molecule has 0 heterocycles. The van der Waals surface area contributed by atoms with Gasteiger partial charge in [0.05, 0.1) is 0 Å². The zero-order valence-electron chi connectivity index (χ0n) is 34.5. The van der Waals surface area contributed by atoms with Crippen LogP contribution in [0.5, 0.6) is 0 Å². The molecule has 0 nitrogen and oxygen atoms in total. The van der Waals surface area contributed by atoms with Crippen molar-refractivity contribution in [3.05, 3.63) is 205 Å². The third kappa shape index (κ3) is 4.95. The van der Waals surface area contributed by atoms with Gasteiger partial charge in [-0.05, 0) is 193 Å². The van der Waals surface area contributed by atoms with E-state index in [0.717, 1.165) is 0 Å². The molecule has 1 fully saturated rings. The fourth-order valence-electron chi connectivity index (χ4n) is 12.1. The van der Waals surface area contributed by atoms with Crippen LogP contribution in [0.2, 0.25) is 0 Å². The van der Waals surface area contributed by atoms with Gasteiger partial charge in [0.2, 0.25) is 0 Å². The molecular formula is C62H42. The summed E-state index contributed by atoms with van der Waals surface area (Å²) in [4.78, 5) is 0. The van der Waals surface area contributed by atoms with Crippen molar-refractivity contribution in [2.24, 2.45) is 0 Å². The topological polar surface area (TPSA) is 0 Å². The summed E-state index contributed by atoms with van der Waals surface area (Å²) in [6.07, 6.45) is 6.25. The molecule has 0 N–H and O–H groups in total. The average Bonchev–Trinajstić information content (AvgIpc) is 3.59. The molecule has 62 heavy (non-hydrogen) atoms. The van der Waals surface area contributed by atoms with Crippen LogP contribution in [0.4, 0.5) is 0 Å². The maximum Gasteiger partial charge on any atom is 0.0215 e. The van der Waals surface area contributed by atoms with Gasteiger partial charge in [-0.3, -0.25) is 0 Å².